The molecule has 1 fully saturated rings. The van der Waals surface area contributed by atoms with Gasteiger partial charge in [0.1, 0.15) is 0 Å². The zero-order valence-corrected chi connectivity index (χ0v) is 13.8. The van der Waals surface area contributed by atoms with Gasteiger partial charge < -0.3 is 9.80 Å². The highest BCUT2D eigenvalue weighted by molar-refractivity contribution is 7.90. The third-order valence-corrected chi connectivity index (χ3v) is 4.97. The van der Waals surface area contributed by atoms with Crippen molar-refractivity contribution in [1.29, 1.82) is 0 Å². The van der Waals surface area contributed by atoms with E-state index in [1.807, 2.05) is 4.90 Å². The van der Waals surface area contributed by atoms with E-state index in [4.69, 9.17) is 0 Å². The molecule has 0 aliphatic carbocycles. The van der Waals surface area contributed by atoms with Gasteiger partial charge in [-0.25, -0.2) is 8.42 Å². The van der Waals surface area contributed by atoms with Gasteiger partial charge in [-0.2, -0.15) is 5.10 Å². The van der Waals surface area contributed by atoms with E-state index >= 15 is 0 Å². The van der Waals surface area contributed by atoms with Crippen LogP contribution in [0.2, 0.25) is 0 Å². The number of nitrogens with zero attached hydrogens (tertiary/aromatic N) is 4. The van der Waals surface area contributed by atoms with Crippen LogP contribution in [0.1, 0.15) is 0 Å². The quantitative estimate of drug-likeness (QED) is 0.825. The minimum absolute atomic E-state index is 0.0763. The van der Waals surface area contributed by atoms with Gasteiger partial charge in [0.25, 0.3) is 0 Å². The first-order valence-corrected chi connectivity index (χ1v) is 9.08. The second-order valence-corrected chi connectivity index (χ2v) is 7.56. The van der Waals surface area contributed by atoms with Crippen LogP contribution in [0, 0.1) is 0 Å². The Balaban J connectivity index is 1.85. The highest BCUT2D eigenvalue weighted by Crippen LogP contribution is 2.27. The number of sulfone groups is 1. The molecule has 2 heterocycles. The summed E-state index contributed by atoms with van der Waals surface area (Å²) < 4.78 is 25.5. The summed E-state index contributed by atoms with van der Waals surface area (Å²) in [6.45, 7) is 1.19. The van der Waals surface area contributed by atoms with Gasteiger partial charge in [0.15, 0.2) is 9.84 Å². The van der Waals surface area contributed by atoms with E-state index in [1.165, 1.54) is 6.26 Å². The molecule has 0 spiro atoms. The third kappa shape index (κ3) is 3.07. The fraction of sp³-hybridized carbons (Fsp3) is 0.333. The van der Waals surface area contributed by atoms with Crippen molar-refractivity contribution in [3.8, 4) is 0 Å². The standard InChI is InChI=1S/C15H18N4O3S/c1-17-10-12(9-16-17)19-8-7-18(11-15(19)20)13-5-3-4-6-14(13)23(2,21)22/h3-6,9-10H,7-8,11H2,1-2H3. The minimum atomic E-state index is -3.34. The van der Waals surface area contributed by atoms with E-state index in [2.05, 4.69) is 5.10 Å². The van der Waals surface area contributed by atoms with E-state index in [-0.39, 0.29) is 17.3 Å². The van der Waals surface area contributed by atoms with Crippen LogP contribution in [0.5, 0.6) is 0 Å². The molecular weight excluding hydrogens is 316 g/mol. The molecule has 1 amide bonds. The third-order valence-electron chi connectivity index (χ3n) is 3.83. The number of carbonyl (C=O) groups is 1. The molecule has 0 unspecified atom stereocenters. The molecule has 0 N–H and O–H groups in total. The van der Waals surface area contributed by atoms with Crippen LogP contribution in [0.15, 0.2) is 41.6 Å². The molecule has 1 aliphatic rings. The second kappa shape index (κ2) is 5.69. The molecule has 0 radical (unpaired) electrons. The van der Waals surface area contributed by atoms with Crippen LogP contribution >= 0.6 is 0 Å². The van der Waals surface area contributed by atoms with Gasteiger partial charge in [-0.1, -0.05) is 12.1 Å². The summed E-state index contributed by atoms with van der Waals surface area (Å²) in [7, 11) is -1.54. The lowest BCUT2D eigenvalue weighted by Gasteiger charge is -2.35. The van der Waals surface area contributed by atoms with Gasteiger partial charge in [-0.15, -0.1) is 0 Å². The second-order valence-electron chi connectivity index (χ2n) is 5.58. The van der Waals surface area contributed by atoms with Crippen molar-refractivity contribution in [2.45, 2.75) is 4.90 Å². The Morgan fingerprint density at radius 1 is 1.17 bits per heavy atom. The summed E-state index contributed by atoms with van der Waals surface area (Å²) >= 11 is 0. The van der Waals surface area contributed by atoms with Crippen LogP contribution < -0.4 is 9.80 Å². The summed E-state index contributed by atoms with van der Waals surface area (Å²) in [5.74, 6) is -0.0763. The first-order valence-electron chi connectivity index (χ1n) is 7.19. The van der Waals surface area contributed by atoms with Crippen LogP contribution in [0.25, 0.3) is 0 Å². The van der Waals surface area contributed by atoms with E-state index in [9.17, 15) is 13.2 Å². The number of rotatable bonds is 3. The number of anilines is 2. The normalized spacial score (nSPS) is 16.0. The van der Waals surface area contributed by atoms with Crippen molar-refractivity contribution in [1.82, 2.24) is 9.78 Å². The van der Waals surface area contributed by atoms with Crippen LogP contribution in [-0.4, -0.2) is 50.0 Å². The Hall–Kier alpha value is -2.35. The van der Waals surface area contributed by atoms with Crippen LogP contribution in [0.4, 0.5) is 11.4 Å². The number of hydrogen-bond acceptors (Lipinski definition) is 5. The van der Waals surface area contributed by atoms with Crippen LogP contribution in [-0.2, 0) is 21.7 Å². The van der Waals surface area contributed by atoms with E-state index < -0.39 is 9.84 Å². The van der Waals surface area contributed by atoms with Gasteiger partial charge in [0.05, 0.1) is 29.0 Å². The summed E-state index contributed by atoms with van der Waals surface area (Å²) in [6.07, 6.45) is 4.62. The topological polar surface area (TPSA) is 75.5 Å². The average molecular weight is 334 g/mol. The number of piperazine rings is 1. The number of hydrogen-bond donors (Lipinski definition) is 0. The lowest BCUT2D eigenvalue weighted by Crippen LogP contribution is -2.50. The zero-order chi connectivity index (χ0) is 16.6. The van der Waals surface area contributed by atoms with E-state index in [0.717, 1.165) is 5.69 Å². The number of amides is 1. The average Bonchev–Trinajstić information content (AvgIpc) is 2.92. The maximum atomic E-state index is 12.4. The van der Waals surface area contributed by atoms with Gasteiger partial charge >= 0.3 is 0 Å². The van der Waals surface area contributed by atoms with Crippen LogP contribution in [0.3, 0.4) is 0 Å². The lowest BCUT2D eigenvalue weighted by atomic mass is 10.2. The van der Waals surface area contributed by atoms with Gasteiger partial charge in [-0.05, 0) is 12.1 Å². The van der Waals surface area contributed by atoms with Gasteiger partial charge in [0.2, 0.25) is 5.91 Å². The molecule has 0 atom stereocenters. The number of aryl methyl sites for hydroxylation is 1. The highest BCUT2D eigenvalue weighted by atomic mass is 32.2. The van der Waals surface area contributed by atoms with E-state index in [0.29, 0.717) is 18.8 Å². The molecule has 23 heavy (non-hydrogen) atoms. The van der Waals surface area contributed by atoms with Gasteiger partial charge in [-0.3, -0.25) is 9.48 Å². The van der Waals surface area contributed by atoms with Crippen molar-refractivity contribution in [2.24, 2.45) is 7.05 Å². The fourth-order valence-electron chi connectivity index (χ4n) is 2.73. The van der Waals surface area contributed by atoms with Crippen molar-refractivity contribution in [3.63, 3.8) is 0 Å². The molecule has 0 bridgehead atoms. The maximum absolute atomic E-state index is 12.4. The molecule has 3 rings (SSSR count). The first-order chi connectivity index (χ1) is 10.9. The highest BCUT2D eigenvalue weighted by Gasteiger charge is 2.28. The molecule has 8 heteroatoms. The summed E-state index contributed by atoms with van der Waals surface area (Å²) in [5, 5.41) is 4.08. The molecule has 1 aromatic carbocycles. The van der Waals surface area contributed by atoms with Gasteiger partial charge in [0, 0.05) is 32.6 Å². The summed E-state index contributed by atoms with van der Waals surface area (Å²) in [5.41, 5.74) is 1.34. The van der Waals surface area contributed by atoms with Crippen molar-refractivity contribution in [3.05, 3.63) is 36.7 Å². The predicted octanol–water partition coefficient (Wildman–Crippen LogP) is 0.677. The Morgan fingerprint density at radius 3 is 2.52 bits per heavy atom. The first kappa shape index (κ1) is 15.5. The fourth-order valence-corrected chi connectivity index (χ4v) is 3.63. The molecule has 0 saturated carbocycles. The smallest absolute Gasteiger partial charge is 0.246 e. The summed E-state index contributed by atoms with van der Waals surface area (Å²) in [4.78, 5) is 16.2. The Bertz CT molecular complexity index is 844. The van der Waals surface area contributed by atoms with Crippen molar-refractivity contribution >= 4 is 27.1 Å². The molecule has 7 nitrogen and oxygen atoms in total. The SMILES string of the molecule is Cn1cc(N2CCN(c3ccccc3S(C)(=O)=O)CC2=O)cn1. The van der Waals surface area contributed by atoms with Crippen molar-refractivity contribution < 1.29 is 13.2 Å². The molecule has 2 aromatic rings. The maximum Gasteiger partial charge on any atom is 0.246 e. The number of para-hydroxylation sites is 1. The Morgan fingerprint density at radius 2 is 1.91 bits per heavy atom. The number of aromatic nitrogens is 2. The molecule has 1 aliphatic heterocycles. The van der Waals surface area contributed by atoms with E-state index in [1.54, 1.807) is 53.3 Å². The Kier molecular flexibility index (Phi) is 3.85. The Labute approximate surface area is 135 Å². The molecule has 1 saturated heterocycles. The minimum Gasteiger partial charge on any atom is -0.359 e. The predicted molar refractivity (Wildman–Crippen MR) is 87.3 cm³/mol. The molecule has 1 aromatic heterocycles. The molecule has 122 valence electrons. The molecular formula is C15H18N4O3S. The zero-order valence-electron chi connectivity index (χ0n) is 13.0. The summed E-state index contributed by atoms with van der Waals surface area (Å²) in [6, 6.07) is 6.78. The monoisotopic (exact) mass is 334 g/mol. The largest absolute Gasteiger partial charge is 0.359 e. The lowest BCUT2D eigenvalue weighted by molar-refractivity contribution is -0.117. The number of carbonyl (C=O) groups excluding carboxylic acids is 1. The number of benzene rings is 1. The van der Waals surface area contributed by atoms with Crippen molar-refractivity contribution in [2.75, 3.05) is 35.7 Å².